The van der Waals surface area contributed by atoms with Crippen LogP contribution in [0.15, 0.2) is 30.3 Å². The van der Waals surface area contributed by atoms with Gasteiger partial charge in [-0.15, -0.1) is 11.3 Å². The molecule has 264 valence electrons. The van der Waals surface area contributed by atoms with E-state index in [-0.39, 0.29) is 48.4 Å². The number of aliphatic hydroxyl groups is 1. The number of fused-ring (bicyclic) bond motifs is 1. The monoisotopic (exact) mass is 702 g/mol. The molecule has 1 aromatic heterocycles. The fraction of sp³-hybridized carbons (Fsp3) is 0.528. The number of aliphatic hydroxyl groups excluding tert-OH is 1. The molecule has 3 aliphatic rings. The third-order valence-electron chi connectivity index (χ3n) is 9.86. The molecule has 4 N–H and O–H groups in total. The maximum Gasteiger partial charge on any atom is 0.393 e. The molecule has 0 bridgehead atoms. The van der Waals surface area contributed by atoms with Crippen LogP contribution in [-0.4, -0.2) is 87.3 Å². The van der Waals surface area contributed by atoms with E-state index < -0.39 is 24.3 Å². The van der Waals surface area contributed by atoms with E-state index in [0.717, 1.165) is 81.3 Å². The molecule has 8 nitrogen and oxygen atoms in total. The number of likely N-dealkylation sites (tertiary alicyclic amines) is 1. The number of alkyl halides is 3. The molecule has 3 heterocycles. The second kappa shape index (κ2) is 15.1. The number of carbonyl (C=O) groups is 1. The number of carbonyl (C=O) groups excluding carboxylic acids is 1. The van der Waals surface area contributed by atoms with Crippen molar-refractivity contribution in [2.75, 3.05) is 63.7 Å². The Hall–Kier alpha value is -3.57. The molecule has 3 aromatic rings. The summed E-state index contributed by atoms with van der Waals surface area (Å²) >= 11 is 1.24. The van der Waals surface area contributed by atoms with Crippen molar-refractivity contribution >= 4 is 38.7 Å². The van der Waals surface area contributed by atoms with Gasteiger partial charge < -0.3 is 30.5 Å². The van der Waals surface area contributed by atoms with E-state index in [1.54, 1.807) is 12.1 Å². The van der Waals surface area contributed by atoms with E-state index in [0.29, 0.717) is 21.7 Å². The fourth-order valence-electron chi connectivity index (χ4n) is 7.30. The molecule has 3 fully saturated rings. The number of hydrogen-bond donors (Lipinski definition) is 4. The van der Waals surface area contributed by atoms with Crippen LogP contribution in [0.25, 0.3) is 10.1 Å². The predicted molar refractivity (Wildman–Crippen MR) is 183 cm³/mol. The number of thiophene rings is 1. The minimum atomic E-state index is -4.42. The van der Waals surface area contributed by atoms with Crippen LogP contribution in [0.1, 0.15) is 59.3 Å². The average molecular weight is 703 g/mol. The summed E-state index contributed by atoms with van der Waals surface area (Å²) in [6, 6.07) is 8.57. The molecule has 49 heavy (non-hydrogen) atoms. The highest BCUT2D eigenvalue weighted by atomic mass is 32.1. The lowest BCUT2D eigenvalue weighted by Gasteiger charge is -2.56. The van der Waals surface area contributed by atoms with Gasteiger partial charge in [0.15, 0.2) is 0 Å². The zero-order chi connectivity index (χ0) is 34.6. The van der Waals surface area contributed by atoms with Crippen molar-refractivity contribution in [3.8, 4) is 17.6 Å². The van der Waals surface area contributed by atoms with Crippen LogP contribution in [-0.2, 0) is 11.2 Å². The number of rotatable bonds is 10. The third kappa shape index (κ3) is 8.26. The Labute approximate surface area is 287 Å². The quantitative estimate of drug-likeness (QED) is 0.148. The number of ether oxygens (including phenoxy) is 2. The lowest BCUT2D eigenvalue weighted by atomic mass is 9.71. The highest BCUT2D eigenvalue weighted by Crippen LogP contribution is 2.44. The summed E-state index contributed by atoms with van der Waals surface area (Å²) in [6.07, 6.45) is 0.974. The van der Waals surface area contributed by atoms with Gasteiger partial charge in [0.05, 0.1) is 46.1 Å². The summed E-state index contributed by atoms with van der Waals surface area (Å²) in [4.78, 5) is 15.0. The molecule has 2 aliphatic heterocycles. The normalized spacial score (nSPS) is 20.7. The number of hydrogen-bond acceptors (Lipinski definition) is 8. The van der Waals surface area contributed by atoms with E-state index in [1.165, 1.54) is 24.5 Å². The maximum absolute atomic E-state index is 14.7. The van der Waals surface area contributed by atoms with Gasteiger partial charge >= 0.3 is 6.18 Å². The molecule has 2 aromatic carbocycles. The van der Waals surface area contributed by atoms with Crippen LogP contribution in [0.5, 0.6) is 5.75 Å². The van der Waals surface area contributed by atoms with Gasteiger partial charge in [0, 0.05) is 56.9 Å². The Morgan fingerprint density at radius 1 is 1.14 bits per heavy atom. The first-order valence-corrected chi connectivity index (χ1v) is 17.6. The Balaban J connectivity index is 1.15. The molecule has 6 rings (SSSR count). The van der Waals surface area contributed by atoms with Crippen LogP contribution in [0, 0.1) is 23.1 Å². The number of nitrogens with one attached hydrogen (secondary N) is 3. The predicted octanol–water partition coefficient (Wildman–Crippen LogP) is 6.18. The molecular formula is C36H42F4N4O4S. The van der Waals surface area contributed by atoms with E-state index in [1.807, 2.05) is 6.07 Å². The van der Waals surface area contributed by atoms with Crippen LogP contribution in [0.2, 0.25) is 0 Å². The Morgan fingerprint density at radius 2 is 1.90 bits per heavy atom. The molecule has 1 aliphatic carbocycles. The first-order valence-electron chi connectivity index (χ1n) is 16.8. The number of halogens is 4. The van der Waals surface area contributed by atoms with Crippen LogP contribution >= 0.6 is 11.3 Å². The summed E-state index contributed by atoms with van der Waals surface area (Å²) in [6.45, 7) is 3.64. The van der Waals surface area contributed by atoms with Gasteiger partial charge in [-0.05, 0) is 61.6 Å². The first-order chi connectivity index (χ1) is 23.6. The number of anilines is 2. The zero-order valence-electron chi connectivity index (χ0n) is 27.5. The van der Waals surface area contributed by atoms with Crippen LogP contribution < -0.4 is 20.7 Å². The zero-order valence-corrected chi connectivity index (χ0v) is 28.3. The standard InChI is InChI=1S/C36H42F4N4O4S/c1-41-34(46)26-18-31(48-17-14-45)30(19-28(26)37)42-13-3-6-32-27(20-36(38,39)40)25-4-2-5-29(33(25)49-32)43-23-7-9-24(10-8-23)44-21-35(22-44)11-15-47-16-12-35/h2,4-5,18-19,23-24,42-43,45H,7-17,20-22H2,1H3,(H,41,46). The Morgan fingerprint density at radius 3 is 2.59 bits per heavy atom. The molecule has 0 atom stereocenters. The van der Waals surface area contributed by atoms with Crippen LogP contribution in [0.4, 0.5) is 28.9 Å². The van der Waals surface area contributed by atoms with Gasteiger partial charge in [-0.2, -0.15) is 13.2 Å². The summed E-state index contributed by atoms with van der Waals surface area (Å²) in [7, 11) is 1.37. The Bertz CT molecular complexity index is 1700. The lowest BCUT2D eigenvalue weighted by Crippen LogP contribution is -2.62. The first kappa shape index (κ1) is 35.3. The molecule has 1 amide bonds. The van der Waals surface area contributed by atoms with Crippen molar-refractivity contribution in [3.63, 3.8) is 0 Å². The lowest BCUT2D eigenvalue weighted by molar-refractivity contribution is -0.126. The van der Waals surface area contributed by atoms with Gasteiger partial charge in [-0.25, -0.2) is 4.39 Å². The fourth-order valence-corrected chi connectivity index (χ4v) is 8.47. The number of benzene rings is 2. The number of amides is 1. The van der Waals surface area contributed by atoms with Crippen LogP contribution in [0.3, 0.4) is 0 Å². The maximum atomic E-state index is 14.7. The van der Waals surface area contributed by atoms with E-state index in [9.17, 15) is 27.5 Å². The van der Waals surface area contributed by atoms with E-state index in [4.69, 9.17) is 9.47 Å². The van der Waals surface area contributed by atoms with Gasteiger partial charge in [-0.1, -0.05) is 24.0 Å². The molecule has 2 saturated heterocycles. The third-order valence-corrected chi connectivity index (χ3v) is 11.1. The molecular weight excluding hydrogens is 660 g/mol. The molecule has 0 radical (unpaired) electrons. The van der Waals surface area contributed by atoms with Crippen molar-refractivity contribution < 1.29 is 36.9 Å². The molecule has 1 spiro atoms. The number of nitrogens with zero attached hydrogens (tertiary/aromatic N) is 1. The molecule has 0 unspecified atom stereocenters. The minimum absolute atomic E-state index is 0.0335. The average Bonchev–Trinajstić information content (AvgIpc) is 3.42. The highest BCUT2D eigenvalue weighted by molar-refractivity contribution is 7.20. The van der Waals surface area contributed by atoms with Crippen molar-refractivity contribution in [1.82, 2.24) is 10.2 Å². The van der Waals surface area contributed by atoms with Crippen molar-refractivity contribution in [3.05, 3.63) is 52.2 Å². The van der Waals surface area contributed by atoms with Gasteiger partial charge in [0.25, 0.3) is 5.91 Å². The highest BCUT2D eigenvalue weighted by Gasteiger charge is 2.46. The van der Waals surface area contributed by atoms with Crippen molar-refractivity contribution in [2.24, 2.45) is 5.41 Å². The largest absolute Gasteiger partial charge is 0.489 e. The molecule has 13 heteroatoms. The second-order valence-electron chi connectivity index (χ2n) is 13.2. The smallest absolute Gasteiger partial charge is 0.393 e. The van der Waals surface area contributed by atoms with Crippen molar-refractivity contribution in [1.29, 1.82) is 0 Å². The summed E-state index contributed by atoms with van der Waals surface area (Å²) in [5, 5.41) is 18.7. The topological polar surface area (TPSA) is 95.1 Å². The summed E-state index contributed by atoms with van der Waals surface area (Å²) in [5.74, 6) is 4.50. The summed E-state index contributed by atoms with van der Waals surface area (Å²) in [5.41, 5.74) is 1.37. The van der Waals surface area contributed by atoms with Gasteiger partial charge in [-0.3, -0.25) is 9.69 Å². The van der Waals surface area contributed by atoms with E-state index >= 15 is 0 Å². The minimum Gasteiger partial charge on any atom is -0.489 e. The van der Waals surface area contributed by atoms with Crippen molar-refractivity contribution in [2.45, 2.75) is 63.2 Å². The summed E-state index contributed by atoms with van der Waals surface area (Å²) < 4.78 is 67.8. The SMILES string of the molecule is CNC(=O)c1cc(OCCO)c(NCC#Cc2sc3c(NC4CCC(N5CC6(CCOCC6)C5)CC4)cccc3c2CC(F)(F)F)cc1F. The van der Waals surface area contributed by atoms with Gasteiger partial charge in [0.1, 0.15) is 18.2 Å². The van der Waals surface area contributed by atoms with E-state index in [2.05, 4.69) is 32.7 Å². The Kier molecular flexibility index (Phi) is 10.9. The second-order valence-corrected chi connectivity index (χ2v) is 14.2. The molecule has 1 saturated carbocycles. The van der Waals surface area contributed by atoms with Gasteiger partial charge in [0.2, 0.25) is 0 Å².